The van der Waals surface area contributed by atoms with Crippen LogP contribution in [0.3, 0.4) is 0 Å². The summed E-state index contributed by atoms with van der Waals surface area (Å²) in [6, 6.07) is 0. The smallest absolute Gasteiger partial charge is 0.342 e. The van der Waals surface area contributed by atoms with Gasteiger partial charge < -0.3 is 19.3 Å². The van der Waals surface area contributed by atoms with E-state index >= 15 is 0 Å². The van der Waals surface area contributed by atoms with Crippen molar-refractivity contribution in [2.75, 3.05) is 14.2 Å². The normalized spacial score (nSPS) is 20.2. The molecule has 1 aliphatic heterocycles. The summed E-state index contributed by atoms with van der Waals surface area (Å²) in [6.45, 7) is 2.03. The topological polar surface area (TPSA) is 82.1 Å². The molecule has 1 fully saturated rings. The zero-order chi connectivity index (χ0) is 18.8. The number of fused-ring (bicyclic) bond motifs is 1. The lowest BCUT2D eigenvalue weighted by Crippen LogP contribution is -2.09. The highest BCUT2D eigenvalue weighted by Crippen LogP contribution is 2.42. The molecule has 140 valence electrons. The molecule has 2 aliphatic rings. The Hall–Kier alpha value is -2.50. The predicted molar refractivity (Wildman–Crippen MR) is 94.3 cm³/mol. The number of benzene rings is 1. The van der Waals surface area contributed by atoms with Crippen LogP contribution >= 0.6 is 0 Å². The minimum Gasteiger partial charge on any atom is -0.507 e. The maximum absolute atomic E-state index is 12.0. The van der Waals surface area contributed by atoms with Crippen molar-refractivity contribution in [1.29, 1.82) is 0 Å². The van der Waals surface area contributed by atoms with E-state index < -0.39 is 5.97 Å². The monoisotopic (exact) mass is 360 g/mol. The van der Waals surface area contributed by atoms with Gasteiger partial charge in [0, 0.05) is 11.1 Å². The van der Waals surface area contributed by atoms with Crippen LogP contribution in [0.4, 0.5) is 0 Å². The summed E-state index contributed by atoms with van der Waals surface area (Å²) in [5.74, 6) is -0.0137. The lowest BCUT2D eigenvalue weighted by atomic mass is 9.93. The Morgan fingerprint density at radius 1 is 1.38 bits per heavy atom. The van der Waals surface area contributed by atoms with E-state index in [0.717, 1.165) is 24.8 Å². The number of rotatable bonds is 5. The van der Waals surface area contributed by atoms with Crippen molar-refractivity contribution in [3.8, 4) is 11.5 Å². The molecular formula is C20H24O6. The first-order valence-corrected chi connectivity index (χ1v) is 8.82. The second-order valence-corrected chi connectivity index (χ2v) is 6.77. The van der Waals surface area contributed by atoms with Crippen molar-refractivity contribution in [3.05, 3.63) is 33.9 Å². The van der Waals surface area contributed by atoms with Crippen molar-refractivity contribution in [2.45, 2.75) is 45.6 Å². The number of aromatic hydroxyl groups is 1. The van der Waals surface area contributed by atoms with Gasteiger partial charge in [0.1, 0.15) is 23.7 Å². The van der Waals surface area contributed by atoms with Crippen LogP contribution in [0.5, 0.6) is 11.5 Å². The molecule has 0 saturated heterocycles. The Morgan fingerprint density at radius 2 is 2.15 bits per heavy atom. The number of esters is 2. The number of ether oxygens (including phenoxy) is 3. The number of methoxy groups -OCH3 is 2. The molecule has 1 aliphatic carbocycles. The lowest BCUT2D eigenvalue weighted by Gasteiger charge is -2.16. The molecule has 26 heavy (non-hydrogen) atoms. The first-order chi connectivity index (χ1) is 12.5. The van der Waals surface area contributed by atoms with Gasteiger partial charge in [-0.1, -0.05) is 11.6 Å². The van der Waals surface area contributed by atoms with Crippen molar-refractivity contribution < 1.29 is 28.9 Å². The zero-order valence-electron chi connectivity index (χ0n) is 15.4. The van der Waals surface area contributed by atoms with Gasteiger partial charge in [0.15, 0.2) is 0 Å². The minimum atomic E-state index is -0.499. The SMILES string of the molecule is COC(=O)CC1CCC/C1=C\Cc1c(O)c2c(c(C)c1OC)COC2=O. The number of carbonyl (C=O) groups excluding carboxylic acids is 2. The number of phenols is 1. The number of allylic oxidation sites excluding steroid dienone is 2. The number of hydrogen-bond acceptors (Lipinski definition) is 6. The minimum absolute atomic E-state index is 0.0654. The molecule has 3 rings (SSSR count). The van der Waals surface area contributed by atoms with Crippen LogP contribution in [-0.2, 0) is 27.3 Å². The average Bonchev–Trinajstić information content (AvgIpc) is 3.23. The third-order valence-corrected chi connectivity index (χ3v) is 5.40. The van der Waals surface area contributed by atoms with Crippen LogP contribution in [0.1, 0.15) is 52.7 Å². The Labute approximate surface area is 152 Å². The highest BCUT2D eigenvalue weighted by molar-refractivity contribution is 5.98. The van der Waals surface area contributed by atoms with Gasteiger partial charge in [-0.05, 0) is 44.1 Å². The third-order valence-electron chi connectivity index (χ3n) is 5.40. The fourth-order valence-electron chi connectivity index (χ4n) is 3.99. The molecule has 1 aromatic rings. The molecular weight excluding hydrogens is 336 g/mol. The fraction of sp³-hybridized carbons (Fsp3) is 0.500. The van der Waals surface area contributed by atoms with E-state index in [1.54, 1.807) is 7.11 Å². The summed E-state index contributed by atoms with van der Waals surface area (Å²) in [5.41, 5.74) is 3.52. The molecule has 1 aromatic carbocycles. The van der Waals surface area contributed by atoms with Gasteiger partial charge in [-0.2, -0.15) is 0 Å². The number of phenolic OH excluding ortho intramolecular Hbond substituents is 1. The fourth-order valence-corrected chi connectivity index (χ4v) is 3.99. The van der Waals surface area contributed by atoms with E-state index in [-0.39, 0.29) is 29.8 Å². The molecule has 1 unspecified atom stereocenters. The number of cyclic esters (lactones) is 1. The Balaban J connectivity index is 1.93. The summed E-state index contributed by atoms with van der Waals surface area (Å²) in [6.07, 6.45) is 5.77. The third kappa shape index (κ3) is 3.16. The van der Waals surface area contributed by atoms with Crippen LogP contribution in [0.25, 0.3) is 0 Å². The Kier molecular flexibility index (Phi) is 5.20. The van der Waals surface area contributed by atoms with Crippen molar-refractivity contribution in [2.24, 2.45) is 5.92 Å². The van der Waals surface area contributed by atoms with E-state index in [4.69, 9.17) is 14.2 Å². The Morgan fingerprint density at radius 3 is 2.85 bits per heavy atom. The molecule has 0 amide bonds. The van der Waals surface area contributed by atoms with Crippen LogP contribution < -0.4 is 4.74 Å². The molecule has 0 radical (unpaired) electrons. The van der Waals surface area contributed by atoms with E-state index in [1.807, 2.05) is 13.0 Å². The van der Waals surface area contributed by atoms with Gasteiger partial charge >= 0.3 is 11.9 Å². The Bertz CT molecular complexity index is 777. The largest absolute Gasteiger partial charge is 0.507 e. The first kappa shape index (κ1) is 18.3. The van der Waals surface area contributed by atoms with Gasteiger partial charge in [0.2, 0.25) is 0 Å². The van der Waals surface area contributed by atoms with Gasteiger partial charge in [-0.3, -0.25) is 4.79 Å². The second-order valence-electron chi connectivity index (χ2n) is 6.77. The van der Waals surface area contributed by atoms with Crippen LogP contribution in [0.15, 0.2) is 11.6 Å². The van der Waals surface area contributed by atoms with Gasteiger partial charge in [-0.25, -0.2) is 4.79 Å². The number of carbonyl (C=O) groups is 2. The summed E-state index contributed by atoms with van der Waals surface area (Å²) in [4.78, 5) is 23.6. The summed E-state index contributed by atoms with van der Waals surface area (Å²) >= 11 is 0. The van der Waals surface area contributed by atoms with Crippen LogP contribution in [-0.4, -0.2) is 31.3 Å². The van der Waals surface area contributed by atoms with Crippen molar-refractivity contribution in [1.82, 2.24) is 0 Å². The second kappa shape index (κ2) is 7.40. The van der Waals surface area contributed by atoms with Crippen LogP contribution in [0, 0.1) is 12.8 Å². The highest BCUT2D eigenvalue weighted by atomic mass is 16.5. The van der Waals surface area contributed by atoms with E-state index in [1.165, 1.54) is 12.7 Å². The van der Waals surface area contributed by atoms with Crippen molar-refractivity contribution >= 4 is 11.9 Å². The summed E-state index contributed by atoms with van der Waals surface area (Å²) in [7, 11) is 2.95. The van der Waals surface area contributed by atoms with Gasteiger partial charge in [0.05, 0.1) is 20.6 Å². The summed E-state index contributed by atoms with van der Waals surface area (Å²) in [5, 5.41) is 10.7. The molecule has 1 saturated carbocycles. The molecule has 6 nitrogen and oxygen atoms in total. The predicted octanol–water partition coefficient (Wildman–Crippen LogP) is 3.21. The molecule has 1 heterocycles. The molecule has 6 heteroatoms. The zero-order valence-corrected chi connectivity index (χ0v) is 15.4. The lowest BCUT2D eigenvalue weighted by molar-refractivity contribution is -0.141. The summed E-state index contributed by atoms with van der Waals surface area (Å²) < 4.78 is 15.4. The van der Waals surface area contributed by atoms with Crippen molar-refractivity contribution in [3.63, 3.8) is 0 Å². The molecule has 0 spiro atoms. The molecule has 0 aromatic heterocycles. The molecule has 0 bridgehead atoms. The van der Waals surface area contributed by atoms with E-state index in [0.29, 0.717) is 29.7 Å². The number of hydrogen-bond donors (Lipinski definition) is 1. The first-order valence-electron chi connectivity index (χ1n) is 8.82. The maximum atomic E-state index is 12.0. The van der Waals surface area contributed by atoms with Crippen LogP contribution in [0.2, 0.25) is 0 Å². The molecule has 1 N–H and O–H groups in total. The van der Waals surface area contributed by atoms with E-state index in [9.17, 15) is 14.7 Å². The van der Waals surface area contributed by atoms with Gasteiger partial charge in [-0.15, -0.1) is 0 Å². The van der Waals surface area contributed by atoms with Gasteiger partial charge in [0.25, 0.3) is 0 Å². The maximum Gasteiger partial charge on any atom is 0.342 e. The quantitative estimate of drug-likeness (QED) is 0.641. The average molecular weight is 360 g/mol. The molecule has 1 atom stereocenters. The van der Waals surface area contributed by atoms with E-state index in [2.05, 4.69) is 0 Å². The standard InChI is InChI=1S/C20H24O6/c1-11-15-10-26-20(23)17(15)18(22)14(19(11)25-3)8-7-12-5-4-6-13(12)9-16(21)24-2/h7,13,22H,4-6,8-10H2,1-3H3/b12-7+. The highest BCUT2D eigenvalue weighted by Gasteiger charge is 2.32.